The fraction of sp³-hybridized carbons (Fsp3) is 0.185. The number of rotatable bonds is 7. The summed E-state index contributed by atoms with van der Waals surface area (Å²) < 4.78 is 13.3. The van der Waals surface area contributed by atoms with Crippen LogP contribution in [0.2, 0.25) is 0 Å². The van der Waals surface area contributed by atoms with Crippen LogP contribution in [0.5, 0.6) is 11.5 Å². The van der Waals surface area contributed by atoms with E-state index >= 15 is 0 Å². The van der Waals surface area contributed by atoms with E-state index in [1.807, 2.05) is 79.7 Å². The van der Waals surface area contributed by atoms with Gasteiger partial charge in [-0.15, -0.1) is 0 Å². The second-order valence-electron chi connectivity index (χ2n) is 7.91. The Morgan fingerprint density at radius 2 is 1.21 bits per heavy atom. The number of methoxy groups -OCH3 is 2. The Kier molecular flexibility index (Phi) is 6.45. The second kappa shape index (κ2) is 9.61. The predicted molar refractivity (Wildman–Crippen MR) is 129 cm³/mol. The highest BCUT2D eigenvalue weighted by Gasteiger charge is 2.14. The molecule has 0 fully saturated rings. The number of aromatic nitrogens is 2. The number of hydrogen-bond acceptors (Lipinski definition) is 4. The van der Waals surface area contributed by atoms with Gasteiger partial charge in [-0.1, -0.05) is 54.1 Å². The van der Waals surface area contributed by atoms with Crippen LogP contribution in [0.1, 0.15) is 16.7 Å². The fourth-order valence-corrected chi connectivity index (χ4v) is 3.68. The lowest BCUT2D eigenvalue weighted by atomic mass is 10.1. The minimum atomic E-state index is -0.359. The molecular formula is C27H26N2O4. The van der Waals surface area contributed by atoms with Crippen molar-refractivity contribution in [2.24, 2.45) is 0 Å². The van der Waals surface area contributed by atoms with E-state index in [1.54, 1.807) is 25.0 Å². The van der Waals surface area contributed by atoms with Crippen molar-refractivity contribution >= 4 is 0 Å². The number of nitrogens with zero attached hydrogens (tertiary/aromatic N) is 2. The lowest BCUT2D eigenvalue weighted by Crippen LogP contribution is -2.40. The van der Waals surface area contributed by atoms with Crippen LogP contribution in [0.3, 0.4) is 0 Å². The maximum Gasteiger partial charge on any atom is 0.331 e. The fourth-order valence-electron chi connectivity index (χ4n) is 3.68. The molecule has 0 aliphatic carbocycles. The maximum absolute atomic E-state index is 13.4. The van der Waals surface area contributed by atoms with Crippen molar-refractivity contribution in [3.8, 4) is 22.6 Å². The minimum Gasteiger partial charge on any atom is -0.497 e. The topological polar surface area (TPSA) is 62.5 Å². The van der Waals surface area contributed by atoms with Gasteiger partial charge in [0.25, 0.3) is 5.56 Å². The molecule has 6 heteroatoms. The van der Waals surface area contributed by atoms with Gasteiger partial charge in [0.2, 0.25) is 0 Å². The summed E-state index contributed by atoms with van der Waals surface area (Å²) in [7, 11) is 3.21. The van der Waals surface area contributed by atoms with Crippen molar-refractivity contribution < 1.29 is 9.47 Å². The highest BCUT2D eigenvalue weighted by atomic mass is 16.5. The van der Waals surface area contributed by atoms with Crippen molar-refractivity contribution in [1.29, 1.82) is 0 Å². The summed E-state index contributed by atoms with van der Waals surface area (Å²) in [5.74, 6) is 1.47. The molecule has 0 amide bonds. The lowest BCUT2D eigenvalue weighted by Gasteiger charge is -2.14. The summed E-state index contributed by atoms with van der Waals surface area (Å²) in [6, 6.07) is 22.6. The van der Waals surface area contributed by atoms with E-state index in [-0.39, 0.29) is 17.8 Å². The van der Waals surface area contributed by atoms with Crippen molar-refractivity contribution in [3.05, 3.63) is 117 Å². The van der Waals surface area contributed by atoms with Gasteiger partial charge in [-0.25, -0.2) is 4.79 Å². The van der Waals surface area contributed by atoms with Crippen LogP contribution < -0.4 is 20.7 Å². The van der Waals surface area contributed by atoms with E-state index < -0.39 is 0 Å². The summed E-state index contributed by atoms with van der Waals surface area (Å²) in [6.07, 6.45) is 1.66. The summed E-state index contributed by atoms with van der Waals surface area (Å²) in [5, 5.41) is 0. The lowest BCUT2D eigenvalue weighted by molar-refractivity contribution is 0.414. The summed E-state index contributed by atoms with van der Waals surface area (Å²) >= 11 is 0. The SMILES string of the molecule is COc1ccc(Cn2cc(-c3ccc(C)cc3)c(=O)n(Cc3ccc(OC)cc3)c2=O)cc1. The van der Waals surface area contributed by atoms with Crippen molar-refractivity contribution in [2.75, 3.05) is 14.2 Å². The first-order valence-electron chi connectivity index (χ1n) is 10.7. The van der Waals surface area contributed by atoms with Crippen LogP contribution in [0.15, 0.2) is 88.6 Å². The van der Waals surface area contributed by atoms with Gasteiger partial charge in [-0.2, -0.15) is 0 Å². The van der Waals surface area contributed by atoms with Crippen LogP contribution in [-0.4, -0.2) is 23.4 Å². The average Bonchev–Trinajstić information content (AvgIpc) is 2.85. The molecule has 0 spiro atoms. The Balaban J connectivity index is 1.81. The van der Waals surface area contributed by atoms with E-state index in [1.165, 1.54) is 4.57 Å². The third-order valence-corrected chi connectivity index (χ3v) is 5.61. The smallest absolute Gasteiger partial charge is 0.331 e. The van der Waals surface area contributed by atoms with Gasteiger partial charge in [0.05, 0.1) is 32.9 Å². The molecule has 0 bridgehead atoms. The van der Waals surface area contributed by atoms with E-state index in [2.05, 4.69) is 0 Å². The quantitative estimate of drug-likeness (QED) is 0.432. The second-order valence-corrected chi connectivity index (χ2v) is 7.91. The highest BCUT2D eigenvalue weighted by Crippen LogP contribution is 2.17. The van der Waals surface area contributed by atoms with Crippen LogP contribution in [-0.2, 0) is 13.1 Å². The van der Waals surface area contributed by atoms with Crippen LogP contribution in [0.25, 0.3) is 11.1 Å². The molecule has 0 atom stereocenters. The zero-order valence-corrected chi connectivity index (χ0v) is 18.9. The van der Waals surface area contributed by atoms with E-state index in [9.17, 15) is 9.59 Å². The van der Waals surface area contributed by atoms with Crippen molar-refractivity contribution in [3.63, 3.8) is 0 Å². The number of ether oxygens (including phenoxy) is 2. The van der Waals surface area contributed by atoms with Gasteiger partial charge in [-0.05, 0) is 47.9 Å². The van der Waals surface area contributed by atoms with Crippen molar-refractivity contribution in [2.45, 2.75) is 20.0 Å². The molecule has 0 unspecified atom stereocenters. The Morgan fingerprint density at radius 1 is 0.697 bits per heavy atom. The number of aryl methyl sites for hydroxylation is 1. The normalized spacial score (nSPS) is 10.8. The molecule has 0 saturated carbocycles. The van der Waals surface area contributed by atoms with E-state index in [0.29, 0.717) is 12.1 Å². The molecule has 4 rings (SSSR count). The van der Waals surface area contributed by atoms with Gasteiger partial charge < -0.3 is 9.47 Å². The molecule has 0 aliphatic rings. The molecule has 0 radical (unpaired) electrons. The standard InChI is InChI=1S/C27H26N2O4/c1-19-4-10-22(11-5-19)25-18-28(16-20-6-12-23(32-2)13-7-20)27(31)29(26(25)30)17-21-8-14-24(33-3)15-9-21/h4-15,18H,16-17H2,1-3H3. The zero-order valence-electron chi connectivity index (χ0n) is 18.9. The summed E-state index contributed by atoms with van der Waals surface area (Å²) in [6.45, 7) is 2.50. The molecule has 0 N–H and O–H groups in total. The van der Waals surface area contributed by atoms with Gasteiger partial charge in [0, 0.05) is 6.20 Å². The van der Waals surface area contributed by atoms with Gasteiger partial charge >= 0.3 is 5.69 Å². The summed E-state index contributed by atoms with van der Waals surface area (Å²) in [5.41, 5.74) is 3.46. The molecule has 6 nitrogen and oxygen atoms in total. The Bertz CT molecular complexity index is 1350. The molecule has 1 heterocycles. The molecule has 33 heavy (non-hydrogen) atoms. The van der Waals surface area contributed by atoms with Crippen LogP contribution in [0.4, 0.5) is 0 Å². The molecule has 1 aromatic heterocycles. The first kappa shape index (κ1) is 22.1. The Labute approximate surface area is 192 Å². The predicted octanol–water partition coefficient (Wildman–Crippen LogP) is 4.10. The molecule has 4 aromatic rings. The minimum absolute atomic E-state index is 0.171. The molecule has 3 aromatic carbocycles. The van der Waals surface area contributed by atoms with Gasteiger partial charge in [0.1, 0.15) is 11.5 Å². The summed E-state index contributed by atoms with van der Waals surface area (Å²) in [4.78, 5) is 26.8. The zero-order chi connectivity index (χ0) is 23.4. The molecule has 0 saturated heterocycles. The Morgan fingerprint density at radius 3 is 1.73 bits per heavy atom. The maximum atomic E-state index is 13.4. The van der Waals surface area contributed by atoms with E-state index in [0.717, 1.165) is 33.8 Å². The monoisotopic (exact) mass is 442 g/mol. The molecular weight excluding hydrogens is 416 g/mol. The number of benzene rings is 3. The first-order valence-corrected chi connectivity index (χ1v) is 10.7. The third-order valence-electron chi connectivity index (χ3n) is 5.61. The number of hydrogen-bond donors (Lipinski definition) is 0. The van der Waals surface area contributed by atoms with Crippen LogP contribution in [0, 0.1) is 6.92 Å². The van der Waals surface area contributed by atoms with E-state index in [4.69, 9.17) is 9.47 Å². The first-order chi connectivity index (χ1) is 16.0. The molecule has 0 aliphatic heterocycles. The molecule has 168 valence electrons. The Hall–Kier alpha value is -4.06. The van der Waals surface area contributed by atoms with Crippen LogP contribution >= 0.6 is 0 Å². The van der Waals surface area contributed by atoms with Gasteiger partial charge in [0.15, 0.2) is 0 Å². The van der Waals surface area contributed by atoms with Crippen molar-refractivity contribution in [1.82, 2.24) is 9.13 Å². The highest BCUT2D eigenvalue weighted by molar-refractivity contribution is 5.61. The average molecular weight is 443 g/mol. The van der Waals surface area contributed by atoms with Gasteiger partial charge in [-0.3, -0.25) is 13.9 Å². The largest absolute Gasteiger partial charge is 0.497 e. The third kappa shape index (κ3) is 4.90.